The first-order valence-electron chi connectivity index (χ1n) is 11.5. The molecule has 0 amide bonds. The van der Waals surface area contributed by atoms with Crippen LogP contribution in [0.1, 0.15) is 36.4 Å². The van der Waals surface area contributed by atoms with Crippen molar-refractivity contribution in [3.05, 3.63) is 103 Å². The number of hydrogen-bond donors (Lipinski definition) is 1. The molecular weight excluding hydrogens is 496 g/mol. The van der Waals surface area contributed by atoms with Gasteiger partial charge in [-0.25, -0.2) is 4.98 Å². The molecule has 0 atom stereocenters. The van der Waals surface area contributed by atoms with Gasteiger partial charge in [0.05, 0.1) is 18.4 Å². The van der Waals surface area contributed by atoms with Gasteiger partial charge in [-0.3, -0.25) is 23.7 Å². The first-order chi connectivity index (χ1) is 17.5. The van der Waals surface area contributed by atoms with Crippen molar-refractivity contribution in [2.45, 2.75) is 39.9 Å². The van der Waals surface area contributed by atoms with Gasteiger partial charge < -0.3 is 14.6 Å². The Morgan fingerprint density at radius 1 is 1.05 bits per heavy atom. The molecule has 0 aliphatic carbocycles. The van der Waals surface area contributed by atoms with Crippen LogP contribution in [-0.2, 0) is 12.2 Å². The van der Waals surface area contributed by atoms with Crippen molar-refractivity contribution < 1.29 is 14.6 Å². The maximum atomic E-state index is 13.4. The number of pyridine rings is 4. The molecule has 0 bridgehead atoms. The Kier molecular flexibility index (Phi) is 7.20. The Bertz CT molecular complexity index is 1590. The molecule has 4 heterocycles. The fraction of sp³-hybridized carbons (Fsp3) is 0.259. The largest absolute Gasteiger partial charge is 0.495 e. The zero-order chi connectivity index (χ0) is 26.9. The highest BCUT2D eigenvalue weighted by molar-refractivity contribution is 6.31. The number of aryl methyl sites for hydroxylation is 2. The summed E-state index contributed by atoms with van der Waals surface area (Å²) < 4.78 is 13.9. The van der Waals surface area contributed by atoms with Gasteiger partial charge >= 0.3 is 0 Å². The maximum absolute atomic E-state index is 13.4. The van der Waals surface area contributed by atoms with Gasteiger partial charge in [0.25, 0.3) is 11.1 Å². The zero-order valence-corrected chi connectivity index (χ0v) is 21.9. The quantitative estimate of drug-likeness (QED) is 0.392. The third kappa shape index (κ3) is 5.14. The molecule has 0 aromatic carbocycles. The van der Waals surface area contributed by atoms with Gasteiger partial charge in [-0.05, 0) is 57.5 Å². The van der Waals surface area contributed by atoms with E-state index in [1.165, 1.54) is 9.13 Å². The van der Waals surface area contributed by atoms with Gasteiger partial charge in [0, 0.05) is 42.0 Å². The van der Waals surface area contributed by atoms with Crippen molar-refractivity contribution in [1.29, 1.82) is 0 Å². The third-order valence-corrected chi connectivity index (χ3v) is 6.23. The Labute approximate surface area is 218 Å². The summed E-state index contributed by atoms with van der Waals surface area (Å²) in [5, 5.41) is 10.3. The molecule has 0 aliphatic rings. The molecule has 0 aliphatic heterocycles. The van der Waals surface area contributed by atoms with E-state index in [0.717, 1.165) is 0 Å². The van der Waals surface area contributed by atoms with E-state index in [9.17, 15) is 14.7 Å². The highest BCUT2D eigenvalue weighted by Gasteiger charge is 2.22. The predicted octanol–water partition coefficient (Wildman–Crippen LogP) is 3.86. The highest BCUT2D eigenvalue weighted by atomic mass is 35.5. The Morgan fingerprint density at radius 3 is 2.51 bits per heavy atom. The van der Waals surface area contributed by atoms with Gasteiger partial charge in [-0.15, -0.1) is 0 Å². The monoisotopic (exact) mass is 522 g/mol. The maximum Gasteiger partial charge on any atom is 0.277 e. The van der Waals surface area contributed by atoms with Crippen molar-refractivity contribution in [3.8, 4) is 23.0 Å². The summed E-state index contributed by atoms with van der Waals surface area (Å²) in [5.74, 6) is 1.07. The fourth-order valence-corrected chi connectivity index (χ4v) is 4.16. The van der Waals surface area contributed by atoms with Crippen LogP contribution in [0.15, 0.2) is 64.6 Å². The number of methoxy groups -OCH3 is 1. The van der Waals surface area contributed by atoms with Crippen molar-refractivity contribution in [2.75, 3.05) is 7.11 Å². The zero-order valence-electron chi connectivity index (χ0n) is 21.2. The lowest BCUT2D eigenvalue weighted by Gasteiger charge is -2.19. The highest BCUT2D eigenvalue weighted by Crippen LogP contribution is 2.27. The van der Waals surface area contributed by atoms with E-state index in [-0.39, 0.29) is 22.9 Å². The number of halogens is 1. The summed E-state index contributed by atoms with van der Waals surface area (Å²) in [6, 6.07) is 10.0. The predicted molar refractivity (Wildman–Crippen MR) is 140 cm³/mol. The molecule has 4 aromatic heterocycles. The van der Waals surface area contributed by atoms with Crippen molar-refractivity contribution >= 4 is 11.6 Å². The standard InChI is InChI=1S/C27H27ClN4O5/c1-16-14-30-23(31-11-7-8-18(25(31)33)27(3,4)35)13-20(16)32-17(2)12-22(24(28)26(32)34)37-15-19-21(36-5)9-6-10-29-19/h6-14,35H,15H2,1-5H3. The molecule has 0 spiro atoms. The van der Waals surface area contributed by atoms with Crippen LogP contribution in [0.25, 0.3) is 11.5 Å². The van der Waals surface area contributed by atoms with E-state index in [2.05, 4.69) is 9.97 Å². The summed E-state index contributed by atoms with van der Waals surface area (Å²) in [5.41, 5.74) is 0.337. The van der Waals surface area contributed by atoms with E-state index in [1.54, 1.807) is 89.8 Å². The molecule has 37 heavy (non-hydrogen) atoms. The summed E-state index contributed by atoms with van der Waals surface area (Å²) in [7, 11) is 1.54. The normalized spacial score (nSPS) is 11.4. The number of aromatic nitrogens is 4. The molecule has 0 fully saturated rings. The molecule has 0 unspecified atom stereocenters. The first kappa shape index (κ1) is 26.1. The second kappa shape index (κ2) is 10.2. The van der Waals surface area contributed by atoms with Gasteiger partial charge in [0.1, 0.15) is 34.6 Å². The summed E-state index contributed by atoms with van der Waals surface area (Å²) in [4.78, 5) is 35.1. The number of hydrogen-bond acceptors (Lipinski definition) is 7. The van der Waals surface area contributed by atoms with Crippen LogP contribution in [0.4, 0.5) is 0 Å². The second-order valence-electron chi connectivity index (χ2n) is 9.03. The number of ether oxygens (including phenoxy) is 2. The summed E-state index contributed by atoms with van der Waals surface area (Å²) in [6.07, 6.45) is 4.76. The summed E-state index contributed by atoms with van der Waals surface area (Å²) in [6.45, 7) is 6.71. The van der Waals surface area contributed by atoms with Crippen LogP contribution in [0, 0.1) is 13.8 Å². The Balaban J connectivity index is 1.76. The van der Waals surface area contributed by atoms with Crippen LogP contribution in [0.3, 0.4) is 0 Å². The van der Waals surface area contributed by atoms with Crippen molar-refractivity contribution in [2.24, 2.45) is 0 Å². The average Bonchev–Trinajstić information content (AvgIpc) is 2.86. The number of aliphatic hydroxyl groups is 1. The van der Waals surface area contributed by atoms with E-state index >= 15 is 0 Å². The summed E-state index contributed by atoms with van der Waals surface area (Å²) >= 11 is 6.46. The minimum Gasteiger partial charge on any atom is -0.495 e. The smallest absolute Gasteiger partial charge is 0.277 e. The van der Waals surface area contributed by atoms with Gasteiger partial charge in [-0.2, -0.15) is 0 Å². The molecule has 0 radical (unpaired) electrons. The van der Waals surface area contributed by atoms with Gasteiger partial charge in [-0.1, -0.05) is 11.6 Å². The molecule has 4 rings (SSSR count). The van der Waals surface area contributed by atoms with Crippen LogP contribution in [0.5, 0.6) is 11.5 Å². The fourth-order valence-electron chi connectivity index (χ4n) is 3.96. The SMILES string of the molecule is COc1cccnc1COc1cc(C)n(-c2cc(-n3cccc(C(C)(C)O)c3=O)ncc2C)c(=O)c1Cl. The number of rotatable bonds is 7. The van der Waals surface area contributed by atoms with Crippen LogP contribution in [0.2, 0.25) is 5.02 Å². The molecular formula is C27H27ClN4O5. The van der Waals surface area contributed by atoms with Gasteiger partial charge in [0.2, 0.25) is 0 Å². The lowest BCUT2D eigenvalue weighted by atomic mass is 10.0. The Morgan fingerprint density at radius 2 is 1.81 bits per heavy atom. The van der Waals surface area contributed by atoms with E-state index in [4.69, 9.17) is 21.1 Å². The van der Waals surface area contributed by atoms with Gasteiger partial charge in [0.15, 0.2) is 0 Å². The lowest BCUT2D eigenvalue weighted by Crippen LogP contribution is -2.31. The molecule has 9 nitrogen and oxygen atoms in total. The van der Waals surface area contributed by atoms with Crippen LogP contribution >= 0.6 is 11.6 Å². The topological polar surface area (TPSA) is 108 Å². The third-order valence-electron chi connectivity index (χ3n) is 5.89. The van der Waals surface area contributed by atoms with E-state index < -0.39 is 16.7 Å². The number of nitrogens with zero attached hydrogens (tertiary/aromatic N) is 4. The van der Waals surface area contributed by atoms with Crippen molar-refractivity contribution in [3.63, 3.8) is 0 Å². The molecule has 0 saturated carbocycles. The van der Waals surface area contributed by atoms with Crippen molar-refractivity contribution in [1.82, 2.24) is 19.1 Å². The molecule has 10 heteroatoms. The Hall–Kier alpha value is -3.95. The molecule has 192 valence electrons. The van der Waals surface area contributed by atoms with E-state index in [1.807, 2.05) is 0 Å². The average molecular weight is 523 g/mol. The van der Waals surface area contributed by atoms with Crippen LogP contribution < -0.4 is 20.6 Å². The molecule has 1 N–H and O–H groups in total. The minimum absolute atomic E-state index is 0.0610. The first-order valence-corrected chi connectivity index (χ1v) is 11.9. The van der Waals surface area contributed by atoms with Crippen LogP contribution in [-0.4, -0.2) is 31.3 Å². The molecule has 4 aromatic rings. The minimum atomic E-state index is -1.33. The molecule has 0 saturated heterocycles. The second-order valence-corrected chi connectivity index (χ2v) is 9.41. The lowest BCUT2D eigenvalue weighted by molar-refractivity contribution is 0.0767. The van der Waals surface area contributed by atoms with E-state index in [0.29, 0.717) is 34.2 Å².